The Hall–Kier alpha value is -4.62. The summed E-state index contributed by atoms with van der Waals surface area (Å²) in [5.41, 5.74) is 1.21. The lowest BCUT2D eigenvalue weighted by atomic mass is 10.1. The summed E-state index contributed by atoms with van der Waals surface area (Å²) in [4.78, 5) is 12.8. The summed E-state index contributed by atoms with van der Waals surface area (Å²) in [5, 5.41) is 2.67. The number of rotatable bonds is 11. The molecule has 0 aromatic heterocycles. The topological polar surface area (TPSA) is 131 Å². The van der Waals surface area contributed by atoms with Crippen molar-refractivity contribution in [3.8, 4) is 11.5 Å². The lowest BCUT2D eigenvalue weighted by Gasteiger charge is -2.23. The van der Waals surface area contributed by atoms with E-state index in [0.717, 1.165) is 10.6 Å². The van der Waals surface area contributed by atoms with Crippen molar-refractivity contribution in [2.24, 2.45) is 0 Å². The maximum Gasteiger partial charge on any atom is 0.262 e. The Kier molecular flexibility index (Phi) is 9.02. The molecular formula is C29H28FN3O7S2. The molecular weight excluding hydrogens is 585 g/mol. The van der Waals surface area contributed by atoms with Crippen molar-refractivity contribution in [3.63, 3.8) is 0 Å². The van der Waals surface area contributed by atoms with Crippen molar-refractivity contribution >= 4 is 43.0 Å². The molecule has 2 N–H and O–H groups in total. The molecule has 0 bridgehead atoms. The summed E-state index contributed by atoms with van der Waals surface area (Å²) < 4.78 is 78.8. The Morgan fingerprint density at radius 1 is 0.857 bits per heavy atom. The fraction of sp³-hybridized carbons (Fsp3) is 0.138. The first-order valence-corrected chi connectivity index (χ1v) is 15.7. The van der Waals surface area contributed by atoms with E-state index in [9.17, 15) is 26.0 Å². The number of carbonyl (C=O) groups is 1. The van der Waals surface area contributed by atoms with Gasteiger partial charge in [0.25, 0.3) is 15.9 Å². The molecule has 220 valence electrons. The van der Waals surface area contributed by atoms with Gasteiger partial charge < -0.3 is 14.8 Å². The summed E-state index contributed by atoms with van der Waals surface area (Å²) in [6.45, 7) is -0.217. The molecule has 13 heteroatoms. The number of amides is 1. The SMILES string of the molecule is COc1ccc(OC)c(NS(=O)(=O)c2ccc(NC(=O)c3ccc(N(Cc4ccccc4F)S(C)(=O)=O)cc3)cc2)c1. The van der Waals surface area contributed by atoms with Gasteiger partial charge in [0, 0.05) is 22.9 Å². The number of benzene rings is 4. The Morgan fingerprint density at radius 2 is 1.52 bits per heavy atom. The van der Waals surface area contributed by atoms with Gasteiger partial charge in [0.15, 0.2) is 0 Å². The van der Waals surface area contributed by atoms with Gasteiger partial charge in [-0.05, 0) is 66.7 Å². The largest absolute Gasteiger partial charge is 0.497 e. The molecule has 0 aliphatic rings. The predicted octanol–water partition coefficient (Wildman–Crippen LogP) is 4.86. The van der Waals surface area contributed by atoms with E-state index in [-0.39, 0.29) is 33.9 Å². The number of hydrogen-bond acceptors (Lipinski definition) is 7. The van der Waals surface area contributed by atoms with Gasteiger partial charge in [-0.2, -0.15) is 0 Å². The number of halogens is 1. The lowest BCUT2D eigenvalue weighted by Crippen LogP contribution is -2.29. The molecule has 0 saturated carbocycles. The van der Waals surface area contributed by atoms with Gasteiger partial charge in [-0.3, -0.25) is 13.8 Å². The van der Waals surface area contributed by atoms with Crippen LogP contribution in [-0.2, 0) is 26.6 Å². The second-order valence-electron chi connectivity index (χ2n) is 9.06. The normalized spacial score (nSPS) is 11.4. The highest BCUT2D eigenvalue weighted by atomic mass is 32.2. The second-order valence-corrected chi connectivity index (χ2v) is 12.6. The van der Waals surface area contributed by atoms with Crippen molar-refractivity contribution in [3.05, 3.63) is 108 Å². The molecule has 0 radical (unpaired) electrons. The summed E-state index contributed by atoms with van der Waals surface area (Å²) in [7, 11) is -4.88. The number of sulfonamides is 2. The zero-order valence-corrected chi connectivity index (χ0v) is 24.5. The van der Waals surface area contributed by atoms with Gasteiger partial charge >= 0.3 is 0 Å². The molecule has 4 aromatic rings. The molecule has 0 fully saturated rings. The molecule has 0 aliphatic heterocycles. The number of nitrogens with zero attached hydrogens (tertiary/aromatic N) is 1. The van der Waals surface area contributed by atoms with E-state index in [2.05, 4.69) is 10.0 Å². The maximum absolute atomic E-state index is 14.2. The predicted molar refractivity (Wildman–Crippen MR) is 159 cm³/mol. The van der Waals surface area contributed by atoms with Gasteiger partial charge in [0.05, 0.1) is 43.3 Å². The molecule has 0 unspecified atom stereocenters. The Morgan fingerprint density at radius 3 is 2.12 bits per heavy atom. The number of carbonyl (C=O) groups excluding carboxylic acids is 1. The zero-order valence-electron chi connectivity index (χ0n) is 22.9. The van der Waals surface area contributed by atoms with E-state index in [0.29, 0.717) is 17.2 Å². The molecule has 10 nitrogen and oxygen atoms in total. The van der Waals surface area contributed by atoms with Crippen LogP contribution in [0.1, 0.15) is 15.9 Å². The van der Waals surface area contributed by atoms with Crippen molar-refractivity contribution in [1.29, 1.82) is 0 Å². The monoisotopic (exact) mass is 613 g/mol. The number of anilines is 3. The van der Waals surface area contributed by atoms with Crippen LogP contribution in [0.3, 0.4) is 0 Å². The molecule has 0 atom stereocenters. The second kappa shape index (κ2) is 12.5. The Balaban J connectivity index is 1.46. The minimum absolute atomic E-state index is 0.0505. The third-order valence-electron chi connectivity index (χ3n) is 6.16. The van der Waals surface area contributed by atoms with E-state index in [4.69, 9.17) is 9.47 Å². The molecule has 0 aliphatic carbocycles. The summed E-state index contributed by atoms with van der Waals surface area (Å²) in [6, 6.07) is 21.9. The molecule has 42 heavy (non-hydrogen) atoms. The first-order chi connectivity index (χ1) is 19.9. The van der Waals surface area contributed by atoms with Gasteiger partial charge in [0.1, 0.15) is 17.3 Å². The first-order valence-electron chi connectivity index (χ1n) is 12.4. The molecule has 0 spiro atoms. The van der Waals surface area contributed by atoms with E-state index in [1.807, 2.05) is 0 Å². The number of methoxy groups -OCH3 is 2. The average Bonchev–Trinajstić information content (AvgIpc) is 2.96. The smallest absolute Gasteiger partial charge is 0.262 e. The molecule has 1 amide bonds. The number of hydrogen-bond donors (Lipinski definition) is 2. The van der Waals surface area contributed by atoms with Crippen LogP contribution < -0.4 is 23.8 Å². The summed E-state index contributed by atoms with van der Waals surface area (Å²) in [5.74, 6) is -0.289. The number of ether oxygens (including phenoxy) is 2. The number of nitrogens with one attached hydrogen (secondary N) is 2. The lowest BCUT2D eigenvalue weighted by molar-refractivity contribution is 0.102. The quantitative estimate of drug-likeness (QED) is 0.247. The summed E-state index contributed by atoms with van der Waals surface area (Å²) >= 11 is 0. The van der Waals surface area contributed by atoms with Crippen LogP contribution in [0.2, 0.25) is 0 Å². The third-order valence-corrected chi connectivity index (χ3v) is 8.69. The highest BCUT2D eigenvalue weighted by Gasteiger charge is 2.21. The third kappa shape index (κ3) is 7.17. The minimum atomic E-state index is -3.99. The molecule has 0 heterocycles. The molecule has 4 rings (SSSR count). The standard InChI is InChI=1S/C29H28FN3O7S2/c1-39-24-14-17-28(40-2)27(18-24)32-42(37,38)25-15-10-22(11-16-25)31-29(34)20-8-12-23(13-9-20)33(41(3,35)36)19-21-6-4-5-7-26(21)30/h4-18,32H,19H2,1-3H3,(H,31,34). The van der Waals surface area contributed by atoms with E-state index < -0.39 is 31.8 Å². The van der Waals surface area contributed by atoms with Crippen molar-refractivity contribution in [1.82, 2.24) is 0 Å². The van der Waals surface area contributed by atoms with E-state index >= 15 is 0 Å². The average molecular weight is 614 g/mol. The van der Waals surface area contributed by atoms with Gasteiger partial charge in [-0.25, -0.2) is 21.2 Å². The van der Waals surface area contributed by atoms with Crippen molar-refractivity contribution in [2.75, 3.05) is 34.8 Å². The zero-order chi connectivity index (χ0) is 30.5. The van der Waals surface area contributed by atoms with Crippen molar-refractivity contribution in [2.45, 2.75) is 11.4 Å². The Labute approximate surface area is 243 Å². The Bertz CT molecular complexity index is 1800. The van der Waals surface area contributed by atoms with Crippen LogP contribution >= 0.6 is 0 Å². The van der Waals surface area contributed by atoms with Crippen LogP contribution in [0.4, 0.5) is 21.5 Å². The highest BCUT2D eigenvalue weighted by molar-refractivity contribution is 7.92. The highest BCUT2D eigenvalue weighted by Crippen LogP contribution is 2.31. The fourth-order valence-electron chi connectivity index (χ4n) is 3.98. The van der Waals surface area contributed by atoms with Crippen LogP contribution in [0.15, 0.2) is 95.9 Å². The molecule has 0 saturated heterocycles. The minimum Gasteiger partial charge on any atom is -0.497 e. The van der Waals surface area contributed by atoms with Crippen LogP contribution in [0.5, 0.6) is 11.5 Å². The van der Waals surface area contributed by atoms with Gasteiger partial charge in [-0.15, -0.1) is 0 Å². The van der Waals surface area contributed by atoms with Crippen LogP contribution in [0, 0.1) is 5.82 Å². The van der Waals surface area contributed by atoms with Gasteiger partial charge in [-0.1, -0.05) is 18.2 Å². The summed E-state index contributed by atoms with van der Waals surface area (Å²) in [6.07, 6.45) is 1.01. The van der Waals surface area contributed by atoms with Crippen molar-refractivity contribution < 1.29 is 35.5 Å². The van der Waals surface area contributed by atoms with E-state index in [1.165, 1.54) is 87.0 Å². The molecule has 4 aromatic carbocycles. The van der Waals surface area contributed by atoms with Crippen LogP contribution in [-0.4, -0.2) is 43.2 Å². The maximum atomic E-state index is 14.2. The van der Waals surface area contributed by atoms with E-state index in [1.54, 1.807) is 18.2 Å². The van der Waals surface area contributed by atoms with Crippen LogP contribution in [0.25, 0.3) is 0 Å². The first kappa shape index (κ1) is 30.3. The van der Waals surface area contributed by atoms with Gasteiger partial charge in [0.2, 0.25) is 10.0 Å². The fourth-order valence-corrected chi connectivity index (χ4v) is 5.92.